The van der Waals surface area contributed by atoms with Gasteiger partial charge in [-0.1, -0.05) is 0 Å². The maximum Gasteiger partial charge on any atom is 0.407 e. The summed E-state index contributed by atoms with van der Waals surface area (Å²) >= 11 is 0. The molecule has 1 aromatic rings. The zero-order chi connectivity index (χ0) is 13.1. The summed E-state index contributed by atoms with van der Waals surface area (Å²) in [6.07, 6.45) is 0.0477. The van der Waals surface area contributed by atoms with Gasteiger partial charge in [-0.05, 0) is 37.6 Å². The number of nitrogens with two attached hydrogens (primary N) is 1. The lowest BCUT2D eigenvalue weighted by Crippen LogP contribution is -2.41. The molecule has 5 heteroatoms. The number of benzene rings is 1. The molecule has 1 aliphatic rings. The van der Waals surface area contributed by atoms with Crippen molar-refractivity contribution in [2.45, 2.75) is 19.4 Å². The van der Waals surface area contributed by atoms with Gasteiger partial charge in [0.15, 0.2) is 0 Å². The normalized spacial score (nSPS) is 18.9. The molecule has 0 bridgehead atoms. The molecule has 0 radical (unpaired) electrons. The van der Waals surface area contributed by atoms with Gasteiger partial charge < -0.3 is 20.6 Å². The first-order valence-corrected chi connectivity index (χ1v) is 6.22. The maximum atomic E-state index is 11.1. The number of carboxylic acid groups (broad SMARTS) is 1. The fourth-order valence-electron chi connectivity index (χ4n) is 2.47. The van der Waals surface area contributed by atoms with E-state index in [1.165, 1.54) is 4.90 Å². The van der Waals surface area contributed by atoms with Crippen molar-refractivity contribution in [3.8, 4) is 0 Å². The highest BCUT2D eigenvalue weighted by molar-refractivity contribution is 5.66. The molecule has 0 aromatic heterocycles. The summed E-state index contributed by atoms with van der Waals surface area (Å²) in [5.41, 5.74) is 7.51. The molecular weight excluding hydrogens is 230 g/mol. The molecule has 98 valence electrons. The molecule has 1 heterocycles. The van der Waals surface area contributed by atoms with Crippen LogP contribution in [0.25, 0.3) is 0 Å². The molecule has 0 spiro atoms. The van der Waals surface area contributed by atoms with Crippen molar-refractivity contribution in [1.29, 1.82) is 0 Å². The second-order valence-corrected chi connectivity index (χ2v) is 4.55. The van der Waals surface area contributed by atoms with Crippen molar-refractivity contribution in [3.05, 3.63) is 24.3 Å². The molecule has 2 rings (SSSR count). The van der Waals surface area contributed by atoms with E-state index in [0.29, 0.717) is 6.54 Å². The lowest BCUT2D eigenvalue weighted by atomic mass is 10.2. The van der Waals surface area contributed by atoms with Gasteiger partial charge in [0.25, 0.3) is 0 Å². The van der Waals surface area contributed by atoms with Crippen LogP contribution in [0, 0.1) is 0 Å². The quantitative estimate of drug-likeness (QED) is 0.802. The molecule has 3 N–H and O–H groups in total. The standard InChI is InChI=1S/C13H19N3O2/c1-2-16(13(17)18)12-7-8-15(9-12)11-5-3-10(14)4-6-11/h3-6,12H,2,7-9,14H2,1H3,(H,17,18). The molecule has 1 fully saturated rings. The smallest absolute Gasteiger partial charge is 0.407 e. The Bertz CT molecular complexity index is 419. The molecule has 0 saturated carbocycles. The van der Waals surface area contributed by atoms with Gasteiger partial charge in [-0.2, -0.15) is 0 Å². The second-order valence-electron chi connectivity index (χ2n) is 4.55. The molecule has 1 saturated heterocycles. The zero-order valence-corrected chi connectivity index (χ0v) is 10.5. The Kier molecular flexibility index (Phi) is 3.60. The Labute approximate surface area is 107 Å². The van der Waals surface area contributed by atoms with Crippen molar-refractivity contribution in [1.82, 2.24) is 4.90 Å². The lowest BCUT2D eigenvalue weighted by Gasteiger charge is -2.25. The average Bonchev–Trinajstić information content (AvgIpc) is 2.80. The average molecular weight is 249 g/mol. The topological polar surface area (TPSA) is 69.8 Å². The van der Waals surface area contributed by atoms with Gasteiger partial charge in [-0.3, -0.25) is 0 Å². The summed E-state index contributed by atoms with van der Waals surface area (Å²) in [5.74, 6) is 0. The van der Waals surface area contributed by atoms with Crippen LogP contribution in [0.3, 0.4) is 0 Å². The number of likely N-dealkylation sites (N-methyl/N-ethyl adjacent to an activating group) is 1. The van der Waals surface area contributed by atoms with E-state index in [2.05, 4.69) is 4.90 Å². The van der Waals surface area contributed by atoms with E-state index in [4.69, 9.17) is 10.8 Å². The van der Waals surface area contributed by atoms with Crippen molar-refractivity contribution in [2.24, 2.45) is 0 Å². The third-order valence-corrected chi connectivity index (χ3v) is 3.45. The zero-order valence-electron chi connectivity index (χ0n) is 10.5. The van der Waals surface area contributed by atoms with E-state index >= 15 is 0 Å². The number of rotatable bonds is 3. The molecule has 1 atom stereocenters. The van der Waals surface area contributed by atoms with Gasteiger partial charge >= 0.3 is 6.09 Å². The van der Waals surface area contributed by atoms with E-state index < -0.39 is 6.09 Å². The molecule has 18 heavy (non-hydrogen) atoms. The Morgan fingerprint density at radius 3 is 2.72 bits per heavy atom. The fourth-order valence-corrected chi connectivity index (χ4v) is 2.47. The van der Waals surface area contributed by atoms with Crippen molar-refractivity contribution in [2.75, 3.05) is 30.3 Å². The Balaban J connectivity index is 2.04. The Morgan fingerprint density at radius 1 is 1.50 bits per heavy atom. The monoisotopic (exact) mass is 249 g/mol. The van der Waals surface area contributed by atoms with Gasteiger partial charge in [0.05, 0.1) is 6.04 Å². The van der Waals surface area contributed by atoms with E-state index in [0.717, 1.165) is 30.9 Å². The molecule has 1 aromatic carbocycles. The first-order valence-electron chi connectivity index (χ1n) is 6.22. The SMILES string of the molecule is CCN(C(=O)O)C1CCN(c2ccc(N)cc2)C1. The number of amides is 1. The summed E-state index contributed by atoms with van der Waals surface area (Å²) in [5, 5.41) is 9.12. The summed E-state index contributed by atoms with van der Waals surface area (Å²) in [7, 11) is 0. The van der Waals surface area contributed by atoms with E-state index in [1.807, 2.05) is 31.2 Å². The fraction of sp³-hybridized carbons (Fsp3) is 0.462. The van der Waals surface area contributed by atoms with Crippen molar-refractivity contribution >= 4 is 17.5 Å². The van der Waals surface area contributed by atoms with Gasteiger partial charge in [0, 0.05) is 31.0 Å². The summed E-state index contributed by atoms with van der Waals surface area (Å²) in [4.78, 5) is 14.8. The molecule has 1 unspecified atom stereocenters. The third-order valence-electron chi connectivity index (χ3n) is 3.45. The van der Waals surface area contributed by atoms with Gasteiger partial charge in [0.1, 0.15) is 0 Å². The third kappa shape index (κ3) is 2.50. The molecular formula is C13H19N3O2. The highest BCUT2D eigenvalue weighted by atomic mass is 16.4. The number of hydrogen-bond donors (Lipinski definition) is 2. The predicted octanol–water partition coefficient (Wildman–Crippen LogP) is 1.85. The Hall–Kier alpha value is -1.91. The minimum absolute atomic E-state index is 0.0880. The highest BCUT2D eigenvalue weighted by Gasteiger charge is 2.29. The molecule has 0 aliphatic carbocycles. The number of nitrogens with zero attached hydrogens (tertiary/aromatic N) is 2. The van der Waals surface area contributed by atoms with Crippen LogP contribution in [0.5, 0.6) is 0 Å². The van der Waals surface area contributed by atoms with Crippen LogP contribution in [0.2, 0.25) is 0 Å². The van der Waals surface area contributed by atoms with Crippen molar-refractivity contribution in [3.63, 3.8) is 0 Å². The van der Waals surface area contributed by atoms with Gasteiger partial charge in [-0.25, -0.2) is 4.79 Å². The highest BCUT2D eigenvalue weighted by Crippen LogP contribution is 2.23. The minimum atomic E-state index is -0.832. The van der Waals surface area contributed by atoms with Crippen LogP contribution in [0.1, 0.15) is 13.3 Å². The number of anilines is 2. The number of nitrogen functional groups attached to an aromatic ring is 1. The first-order chi connectivity index (χ1) is 8.61. The lowest BCUT2D eigenvalue weighted by molar-refractivity contribution is 0.131. The van der Waals surface area contributed by atoms with E-state index in [9.17, 15) is 4.79 Å². The van der Waals surface area contributed by atoms with Gasteiger partial charge in [-0.15, -0.1) is 0 Å². The van der Waals surface area contributed by atoms with Crippen LogP contribution in [0.15, 0.2) is 24.3 Å². The van der Waals surface area contributed by atoms with Crippen LogP contribution in [-0.4, -0.2) is 41.8 Å². The van der Waals surface area contributed by atoms with E-state index in [1.54, 1.807) is 0 Å². The number of hydrogen-bond acceptors (Lipinski definition) is 3. The van der Waals surface area contributed by atoms with Crippen LogP contribution in [0.4, 0.5) is 16.2 Å². The second kappa shape index (κ2) is 5.16. The van der Waals surface area contributed by atoms with Crippen LogP contribution in [-0.2, 0) is 0 Å². The molecule has 1 aliphatic heterocycles. The summed E-state index contributed by atoms with van der Waals surface area (Å²) in [6.45, 7) is 4.05. The predicted molar refractivity (Wildman–Crippen MR) is 71.9 cm³/mol. The van der Waals surface area contributed by atoms with Gasteiger partial charge in [0.2, 0.25) is 0 Å². The largest absolute Gasteiger partial charge is 0.465 e. The van der Waals surface area contributed by atoms with Crippen LogP contribution < -0.4 is 10.6 Å². The molecule has 1 amide bonds. The summed E-state index contributed by atoms with van der Waals surface area (Å²) in [6, 6.07) is 7.79. The minimum Gasteiger partial charge on any atom is -0.465 e. The Morgan fingerprint density at radius 2 is 2.17 bits per heavy atom. The number of carbonyl (C=O) groups is 1. The van der Waals surface area contributed by atoms with Crippen molar-refractivity contribution < 1.29 is 9.90 Å². The van der Waals surface area contributed by atoms with E-state index in [-0.39, 0.29) is 6.04 Å². The first kappa shape index (κ1) is 12.5. The summed E-state index contributed by atoms with van der Waals surface area (Å²) < 4.78 is 0. The molecule has 5 nitrogen and oxygen atoms in total. The maximum absolute atomic E-state index is 11.1. The van der Waals surface area contributed by atoms with Crippen LogP contribution >= 0.6 is 0 Å².